The standard InChI is InChI=1S/C9H6Cl2F3/c1-5(9(12,13)14)7-4-6(10)2-3-8(7)11/h2-5H,1H2. The second-order valence-corrected chi connectivity index (χ2v) is 3.60. The molecule has 5 heteroatoms. The fourth-order valence-electron chi connectivity index (χ4n) is 0.958. The summed E-state index contributed by atoms with van der Waals surface area (Å²) in [6.07, 6.45) is -4.41. The summed E-state index contributed by atoms with van der Waals surface area (Å²) in [5.74, 6) is -1.85. The van der Waals surface area contributed by atoms with Crippen molar-refractivity contribution in [1.29, 1.82) is 0 Å². The van der Waals surface area contributed by atoms with Gasteiger partial charge in [0.1, 0.15) is 0 Å². The van der Waals surface area contributed by atoms with Crippen LogP contribution in [0.3, 0.4) is 0 Å². The van der Waals surface area contributed by atoms with E-state index in [4.69, 9.17) is 23.2 Å². The minimum Gasteiger partial charge on any atom is -0.170 e. The molecule has 0 saturated carbocycles. The summed E-state index contributed by atoms with van der Waals surface area (Å²) in [6, 6.07) is 3.93. The lowest BCUT2D eigenvalue weighted by molar-refractivity contribution is -0.140. The fraction of sp³-hybridized carbons (Fsp3) is 0.222. The molecule has 1 aromatic carbocycles. The highest BCUT2D eigenvalue weighted by atomic mass is 35.5. The summed E-state index contributed by atoms with van der Waals surface area (Å²) in [7, 11) is 0. The molecule has 1 rings (SSSR count). The average Bonchev–Trinajstić information content (AvgIpc) is 2.06. The minimum atomic E-state index is -4.41. The molecule has 1 atom stereocenters. The Hall–Kier alpha value is -0.410. The molecule has 0 amide bonds. The van der Waals surface area contributed by atoms with Crippen molar-refractivity contribution in [2.24, 2.45) is 0 Å². The molecule has 14 heavy (non-hydrogen) atoms. The van der Waals surface area contributed by atoms with E-state index in [2.05, 4.69) is 6.92 Å². The summed E-state index contributed by atoms with van der Waals surface area (Å²) >= 11 is 11.2. The van der Waals surface area contributed by atoms with Crippen LogP contribution in [0.2, 0.25) is 10.0 Å². The van der Waals surface area contributed by atoms with E-state index in [0.717, 1.165) is 0 Å². The average molecular weight is 242 g/mol. The van der Waals surface area contributed by atoms with Crippen LogP contribution < -0.4 is 0 Å². The molecule has 0 aliphatic heterocycles. The number of alkyl halides is 3. The lowest BCUT2D eigenvalue weighted by Crippen LogP contribution is -2.18. The molecule has 0 aliphatic rings. The molecule has 0 N–H and O–H groups in total. The Morgan fingerprint density at radius 3 is 2.29 bits per heavy atom. The Balaban J connectivity index is 3.12. The normalized spacial score (nSPS) is 14.1. The summed E-state index contributed by atoms with van der Waals surface area (Å²) in [5, 5.41) is 0.231. The molecule has 77 valence electrons. The minimum absolute atomic E-state index is 0.0201. The van der Waals surface area contributed by atoms with Crippen molar-refractivity contribution in [3.05, 3.63) is 40.7 Å². The van der Waals surface area contributed by atoms with Crippen LogP contribution in [-0.4, -0.2) is 6.18 Å². The molecule has 0 saturated heterocycles. The second-order valence-electron chi connectivity index (χ2n) is 2.76. The number of benzene rings is 1. The van der Waals surface area contributed by atoms with E-state index in [1.165, 1.54) is 18.2 Å². The molecular weight excluding hydrogens is 236 g/mol. The molecule has 0 aliphatic carbocycles. The van der Waals surface area contributed by atoms with E-state index >= 15 is 0 Å². The van der Waals surface area contributed by atoms with Gasteiger partial charge in [-0.05, 0) is 30.7 Å². The van der Waals surface area contributed by atoms with Gasteiger partial charge in [-0.25, -0.2) is 0 Å². The third kappa shape index (κ3) is 2.55. The van der Waals surface area contributed by atoms with Gasteiger partial charge >= 0.3 is 6.18 Å². The van der Waals surface area contributed by atoms with Crippen LogP contribution in [-0.2, 0) is 0 Å². The summed E-state index contributed by atoms with van der Waals surface area (Å²) in [4.78, 5) is 0. The molecule has 1 unspecified atom stereocenters. The lowest BCUT2D eigenvalue weighted by Gasteiger charge is -2.17. The molecule has 1 radical (unpaired) electrons. The first-order chi connectivity index (χ1) is 6.32. The first-order valence-electron chi connectivity index (χ1n) is 3.67. The van der Waals surface area contributed by atoms with Gasteiger partial charge in [-0.15, -0.1) is 0 Å². The maximum absolute atomic E-state index is 12.3. The smallest absolute Gasteiger partial charge is 0.170 e. The van der Waals surface area contributed by atoms with Gasteiger partial charge < -0.3 is 0 Å². The van der Waals surface area contributed by atoms with Gasteiger partial charge in [-0.2, -0.15) is 13.2 Å². The monoisotopic (exact) mass is 241 g/mol. The second kappa shape index (κ2) is 3.99. The van der Waals surface area contributed by atoms with E-state index in [9.17, 15) is 13.2 Å². The topological polar surface area (TPSA) is 0 Å². The molecule has 0 fully saturated rings. The quantitative estimate of drug-likeness (QED) is 0.681. The molecule has 1 aromatic rings. The Morgan fingerprint density at radius 2 is 1.79 bits per heavy atom. The lowest BCUT2D eigenvalue weighted by atomic mass is 10.0. The van der Waals surface area contributed by atoms with Crippen molar-refractivity contribution in [1.82, 2.24) is 0 Å². The molecule has 0 aromatic heterocycles. The first kappa shape index (κ1) is 11.7. The number of halogens is 5. The maximum Gasteiger partial charge on any atom is 0.395 e. The SMILES string of the molecule is [CH2]C(c1cc(Cl)ccc1Cl)C(F)(F)F. The summed E-state index contributed by atoms with van der Waals surface area (Å²) in [6.45, 7) is 3.01. The van der Waals surface area contributed by atoms with Gasteiger partial charge in [0.2, 0.25) is 0 Å². The number of hydrogen-bond donors (Lipinski definition) is 0. The van der Waals surface area contributed by atoms with Crippen molar-refractivity contribution in [3.8, 4) is 0 Å². The largest absolute Gasteiger partial charge is 0.395 e. The zero-order chi connectivity index (χ0) is 10.9. The Bertz CT molecular complexity index is 333. The zero-order valence-electron chi connectivity index (χ0n) is 6.91. The van der Waals surface area contributed by atoms with Crippen molar-refractivity contribution in [2.75, 3.05) is 0 Å². The van der Waals surface area contributed by atoms with Crippen LogP contribution in [0.25, 0.3) is 0 Å². The maximum atomic E-state index is 12.3. The van der Waals surface area contributed by atoms with Gasteiger partial charge in [0.15, 0.2) is 0 Å². The number of rotatable bonds is 1. The van der Waals surface area contributed by atoms with E-state index in [1.54, 1.807) is 0 Å². The molecular formula is C9H6Cl2F3. The van der Waals surface area contributed by atoms with E-state index in [1.807, 2.05) is 0 Å². The van der Waals surface area contributed by atoms with Crippen LogP contribution in [0.15, 0.2) is 18.2 Å². The van der Waals surface area contributed by atoms with E-state index in [0.29, 0.717) is 0 Å². The summed E-state index contributed by atoms with van der Waals surface area (Å²) < 4.78 is 36.8. The van der Waals surface area contributed by atoms with Crippen molar-refractivity contribution in [2.45, 2.75) is 12.1 Å². The van der Waals surface area contributed by atoms with Gasteiger partial charge in [0.05, 0.1) is 5.92 Å². The Labute approximate surface area is 89.6 Å². The van der Waals surface area contributed by atoms with E-state index in [-0.39, 0.29) is 15.6 Å². The molecule has 0 nitrogen and oxygen atoms in total. The Morgan fingerprint density at radius 1 is 1.21 bits per heavy atom. The highest BCUT2D eigenvalue weighted by molar-refractivity contribution is 6.33. The number of hydrogen-bond acceptors (Lipinski definition) is 0. The van der Waals surface area contributed by atoms with Crippen LogP contribution in [0.5, 0.6) is 0 Å². The molecule has 0 spiro atoms. The van der Waals surface area contributed by atoms with Gasteiger partial charge in [0.25, 0.3) is 0 Å². The highest BCUT2D eigenvalue weighted by Gasteiger charge is 2.38. The highest BCUT2D eigenvalue weighted by Crippen LogP contribution is 2.38. The van der Waals surface area contributed by atoms with Crippen molar-refractivity contribution in [3.63, 3.8) is 0 Å². The third-order valence-electron chi connectivity index (χ3n) is 1.73. The third-order valence-corrected chi connectivity index (χ3v) is 2.31. The van der Waals surface area contributed by atoms with Gasteiger partial charge in [-0.1, -0.05) is 23.2 Å². The first-order valence-corrected chi connectivity index (χ1v) is 4.42. The van der Waals surface area contributed by atoms with Crippen molar-refractivity contribution < 1.29 is 13.2 Å². The molecule has 0 heterocycles. The fourth-order valence-corrected chi connectivity index (χ4v) is 1.39. The van der Waals surface area contributed by atoms with Gasteiger partial charge in [-0.3, -0.25) is 0 Å². The van der Waals surface area contributed by atoms with E-state index < -0.39 is 12.1 Å². The predicted molar refractivity (Wildman–Crippen MR) is 50.6 cm³/mol. The van der Waals surface area contributed by atoms with Crippen LogP contribution in [0.4, 0.5) is 13.2 Å². The predicted octanol–water partition coefficient (Wildman–Crippen LogP) is 4.47. The molecule has 0 bridgehead atoms. The van der Waals surface area contributed by atoms with Crippen LogP contribution in [0.1, 0.15) is 11.5 Å². The van der Waals surface area contributed by atoms with Crippen LogP contribution in [0, 0.1) is 6.92 Å². The van der Waals surface area contributed by atoms with Crippen LogP contribution >= 0.6 is 23.2 Å². The van der Waals surface area contributed by atoms with Gasteiger partial charge in [0, 0.05) is 10.0 Å². The summed E-state index contributed by atoms with van der Waals surface area (Å²) in [5.41, 5.74) is -0.105. The van der Waals surface area contributed by atoms with Crippen molar-refractivity contribution >= 4 is 23.2 Å². The zero-order valence-corrected chi connectivity index (χ0v) is 8.42. The Kier molecular flexibility index (Phi) is 3.32.